The Bertz CT molecular complexity index is 1070. The third-order valence-corrected chi connectivity index (χ3v) is 4.65. The van der Waals surface area contributed by atoms with Gasteiger partial charge in [0, 0.05) is 72.2 Å². The van der Waals surface area contributed by atoms with Gasteiger partial charge in [0.05, 0.1) is 23.5 Å². The molecule has 3 aromatic rings. The Kier molecular flexibility index (Phi) is 7.03. The summed E-state index contributed by atoms with van der Waals surface area (Å²) in [7, 11) is 0. The predicted octanol–water partition coefficient (Wildman–Crippen LogP) is 2.97. The van der Waals surface area contributed by atoms with Gasteiger partial charge in [0.2, 0.25) is 5.91 Å². The van der Waals surface area contributed by atoms with Crippen LogP contribution in [0.15, 0.2) is 60.0 Å². The van der Waals surface area contributed by atoms with Crippen LogP contribution in [-0.2, 0) is 9.59 Å². The van der Waals surface area contributed by atoms with Gasteiger partial charge in [0.25, 0.3) is 0 Å². The molecule has 0 saturated carbocycles. The number of carboxylic acid groups (broad SMARTS) is 1. The summed E-state index contributed by atoms with van der Waals surface area (Å²) in [6.45, 7) is 0. The summed E-state index contributed by atoms with van der Waals surface area (Å²) in [5, 5.41) is 14.9. The minimum absolute atomic E-state index is 0. The molecule has 2 aromatic carbocycles. The number of aromatic nitrogens is 2. The van der Waals surface area contributed by atoms with E-state index in [0.717, 1.165) is 27.9 Å². The zero-order valence-corrected chi connectivity index (χ0v) is 19.2. The molecule has 1 aromatic heterocycles. The fourth-order valence-electron chi connectivity index (χ4n) is 3.27. The van der Waals surface area contributed by atoms with Crippen LogP contribution in [0.1, 0.15) is 36.4 Å². The molecule has 0 saturated heterocycles. The number of carboxylic acids is 1. The van der Waals surface area contributed by atoms with Crippen molar-refractivity contribution in [1.29, 1.82) is 0 Å². The number of carbonyl (C=O) groups is 2. The van der Waals surface area contributed by atoms with Gasteiger partial charge in [-0.3, -0.25) is 19.6 Å². The molecule has 1 radical (unpaired) electrons. The third kappa shape index (κ3) is 4.85. The summed E-state index contributed by atoms with van der Waals surface area (Å²) in [4.78, 5) is 32.2. The van der Waals surface area contributed by atoms with Crippen LogP contribution >= 0.6 is 0 Å². The van der Waals surface area contributed by atoms with Crippen LogP contribution in [0, 0.1) is 47.4 Å². The number of amides is 1. The van der Waals surface area contributed by atoms with Crippen LogP contribution in [0.4, 0.5) is 0 Å². The molecule has 1 amide bonds. The average Bonchev–Trinajstić information content (AvgIpc) is 3.18. The quantitative estimate of drug-likeness (QED) is 0.529. The van der Waals surface area contributed by atoms with E-state index < -0.39 is 5.97 Å². The van der Waals surface area contributed by atoms with Crippen LogP contribution in [0.25, 0.3) is 11.0 Å². The van der Waals surface area contributed by atoms with E-state index in [1.165, 1.54) is 5.01 Å². The molecule has 1 atom stereocenters. The monoisotopic (exact) mass is 514 g/mol. The molecule has 8 heteroatoms. The number of fused-ring (bicyclic) bond motifs is 1. The van der Waals surface area contributed by atoms with Crippen molar-refractivity contribution in [3.05, 3.63) is 72.1 Å². The molecular weight excluding hydrogens is 497 g/mol. The SMILES string of the molecule is O=C(O)CCC(=O)N1N=C(c2cc[c-]cc2)CC1c1ccc2nccnc2c1.[Pr]. The standard InChI is InChI=1S/C21H17N4O3.Pr/c26-20(8-9-21(27)28)25-19(13-17(24-25)14-4-2-1-3-5-14)15-6-7-16-18(12-15)23-11-10-22-16;/h2-7,10-12,19H,8-9,13H2,(H,27,28);/q-1;. The first-order valence-electron chi connectivity index (χ1n) is 8.90. The van der Waals surface area contributed by atoms with Gasteiger partial charge >= 0.3 is 5.97 Å². The number of carbonyl (C=O) groups excluding carboxylic acids is 1. The van der Waals surface area contributed by atoms with Crippen molar-refractivity contribution in [3.8, 4) is 0 Å². The van der Waals surface area contributed by atoms with Crippen LogP contribution in [0.2, 0.25) is 0 Å². The second kappa shape index (κ2) is 9.50. The van der Waals surface area contributed by atoms with Crippen LogP contribution < -0.4 is 0 Å². The number of aliphatic carboxylic acids is 1. The summed E-state index contributed by atoms with van der Waals surface area (Å²) < 4.78 is 0. The summed E-state index contributed by atoms with van der Waals surface area (Å²) in [5.41, 5.74) is 4.09. The Balaban J connectivity index is 0.00000240. The fraction of sp³-hybridized carbons (Fsp3) is 0.190. The minimum atomic E-state index is -1.01. The largest absolute Gasteiger partial charge is 0.481 e. The maximum atomic E-state index is 12.7. The van der Waals surface area contributed by atoms with Crippen LogP contribution in [0.3, 0.4) is 0 Å². The van der Waals surface area contributed by atoms with Gasteiger partial charge in [-0.05, 0) is 17.7 Å². The van der Waals surface area contributed by atoms with E-state index in [2.05, 4.69) is 21.1 Å². The third-order valence-electron chi connectivity index (χ3n) is 4.65. The molecular formula is C21H17N4O3Pr-. The van der Waals surface area contributed by atoms with E-state index >= 15 is 0 Å². The van der Waals surface area contributed by atoms with Gasteiger partial charge < -0.3 is 5.11 Å². The van der Waals surface area contributed by atoms with Crippen LogP contribution in [0.5, 0.6) is 0 Å². The maximum Gasteiger partial charge on any atom is 0.303 e. The molecule has 4 rings (SSSR count). The number of nitrogens with zero attached hydrogens (tertiary/aromatic N) is 4. The Hall–Kier alpha value is -2.25. The molecule has 2 heterocycles. The van der Waals surface area contributed by atoms with Crippen molar-refractivity contribution < 1.29 is 56.0 Å². The first-order chi connectivity index (χ1) is 13.6. The van der Waals surface area contributed by atoms with E-state index in [9.17, 15) is 9.59 Å². The molecule has 1 N–H and O–H groups in total. The average molecular weight is 514 g/mol. The topological polar surface area (TPSA) is 95.8 Å². The number of hydrogen-bond donors (Lipinski definition) is 1. The molecule has 0 bridgehead atoms. The predicted molar refractivity (Wildman–Crippen MR) is 102 cm³/mol. The first-order valence-corrected chi connectivity index (χ1v) is 8.90. The van der Waals surface area contributed by atoms with Crippen LogP contribution in [-0.4, -0.2) is 37.7 Å². The normalized spacial score (nSPS) is 15.7. The number of benzene rings is 2. The number of rotatable bonds is 5. The first kappa shape index (κ1) is 21.5. The fourth-order valence-corrected chi connectivity index (χ4v) is 3.27. The summed E-state index contributed by atoms with van der Waals surface area (Å²) in [6.07, 6.45) is 3.47. The van der Waals surface area contributed by atoms with Crippen molar-refractivity contribution in [2.24, 2.45) is 5.10 Å². The molecule has 1 unspecified atom stereocenters. The molecule has 1 aliphatic heterocycles. The van der Waals surface area contributed by atoms with Crippen molar-refractivity contribution in [2.45, 2.75) is 25.3 Å². The van der Waals surface area contributed by atoms with Crippen molar-refractivity contribution in [3.63, 3.8) is 0 Å². The summed E-state index contributed by atoms with van der Waals surface area (Å²) in [6, 6.07) is 15.7. The van der Waals surface area contributed by atoms with Gasteiger partial charge in [0.1, 0.15) is 0 Å². The van der Waals surface area contributed by atoms with Gasteiger partial charge in [-0.25, -0.2) is 5.01 Å². The van der Waals surface area contributed by atoms with Gasteiger partial charge in [-0.15, -0.1) is 5.56 Å². The molecule has 0 spiro atoms. The van der Waals surface area contributed by atoms with Gasteiger partial charge in [0.15, 0.2) is 0 Å². The second-order valence-corrected chi connectivity index (χ2v) is 6.49. The van der Waals surface area contributed by atoms with Crippen molar-refractivity contribution in [1.82, 2.24) is 15.0 Å². The molecule has 7 nitrogen and oxygen atoms in total. The number of hydrazone groups is 1. The Morgan fingerprint density at radius 1 is 1.07 bits per heavy atom. The molecule has 29 heavy (non-hydrogen) atoms. The Morgan fingerprint density at radius 3 is 2.52 bits per heavy atom. The van der Waals surface area contributed by atoms with E-state index in [-0.39, 0.29) is 66.1 Å². The van der Waals surface area contributed by atoms with E-state index in [1.807, 2.05) is 30.3 Å². The van der Waals surface area contributed by atoms with E-state index in [0.29, 0.717) is 6.42 Å². The Labute approximate surface area is 200 Å². The van der Waals surface area contributed by atoms with Crippen molar-refractivity contribution in [2.75, 3.05) is 0 Å². The van der Waals surface area contributed by atoms with Crippen molar-refractivity contribution >= 4 is 28.6 Å². The molecule has 1 aliphatic rings. The second-order valence-electron chi connectivity index (χ2n) is 6.49. The smallest absolute Gasteiger partial charge is 0.303 e. The summed E-state index contributed by atoms with van der Waals surface area (Å²) in [5.74, 6) is -1.32. The van der Waals surface area contributed by atoms with Gasteiger partial charge in [-0.1, -0.05) is 6.07 Å². The number of hydrogen-bond acceptors (Lipinski definition) is 5. The molecule has 143 valence electrons. The zero-order chi connectivity index (χ0) is 19.5. The Morgan fingerprint density at radius 2 is 1.79 bits per heavy atom. The van der Waals surface area contributed by atoms with E-state index in [4.69, 9.17) is 5.11 Å². The molecule has 0 aliphatic carbocycles. The zero-order valence-electron chi connectivity index (χ0n) is 15.5. The molecule has 0 fully saturated rings. The summed E-state index contributed by atoms with van der Waals surface area (Å²) >= 11 is 0. The van der Waals surface area contributed by atoms with Gasteiger partial charge in [-0.2, -0.15) is 35.4 Å². The minimum Gasteiger partial charge on any atom is -0.481 e. The van der Waals surface area contributed by atoms with E-state index in [1.54, 1.807) is 24.5 Å². The maximum absolute atomic E-state index is 12.7.